The van der Waals surface area contributed by atoms with Gasteiger partial charge in [-0.15, -0.1) is 0 Å². The first kappa shape index (κ1) is 10.5. The number of nitriles is 1. The molecule has 0 atom stereocenters. The van der Waals surface area contributed by atoms with Crippen LogP contribution in [0.3, 0.4) is 0 Å². The van der Waals surface area contributed by atoms with Gasteiger partial charge in [0.1, 0.15) is 17.4 Å². The molecule has 0 bridgehead atoms. The van der Waals surface area contributed by atoms with E-state index in [1.54, 1.807) is 12.1 Å². The summed E-state index contributed by atoms with van der Waals surface area (Å²) in [7, 11) is 1.50. The molecule has 1 aromatic heterocycles. The summed E-state index contributed by atoms with van der Waals surface area (Å²) in [4.78, 5) is 14.7. The van der Waals surface area contributed by atoms with Crippen LogP contribution in [-0.4, -0.2) is 12.1 Å². The average molecular weight is 235 g/mol. The second-order valence-corrected chi connectivity index (χ2v) is 3.55. The molecule has 0 fully saturated rings. The molecule has 1 N–H and O–H groups in total. The van der Waals surface area contributed by atoms with Crippen LogP contribution >= 0.6 is 11.6 Å². The summed E-state index contributed by atoms with van der Waals surface area (Å²) in [5, 5.41) is 9.33. The SMILES string of the molecule is COc1ccc(Cl)c2c(=O)c(C#N)c[nH]c12. The Kier molecular flexibility index (Phi) is 2.55. The number of ether oxygens (including phenoxy) is 1. The zero-order chi connectivity index (χ0) is 11.7. The number of fused-ring (bicyclic) bond motifs is 1. The van der Waals surface area contributed by atoms with Crippen LogP contribution < -0.4 is 10.2 Å². The van der Waals surface area contributed by atoms with Crippen molar-refractivity contribution in [3.63, 3.8) is 0 Å². The minimum absolute atomic E-state index is 0.0302. The maximum Gasteiger partial charge on any atom is 0.208 e. The highest BCUT2D eigenvalue weighted by Gasteiger charge is 2.11. The molecule has 2 rings (SSSR count). The summed E-state index contributed by atoms with van der Waals surface area (Å²) in [6.45, 7) is 0. The van der Waals surface area contributed by atoms with Crippen molar-refractivity contribution in [1.82, 2.24) is 4.98 Å². The van der Waals surface area contributed by atoms with Crippen LogP contribution in [0.15, 0.2) is 23.1 Å². The number of aromatic amines is 1. The van der Waals surface area contributed by atoms with Crippen LogP contribution in [0, 0.1) is 11.3 Å². The highest BCUT2D eigenvalue weighted by molar-refractivity contribution is 6.35. The number of rotatable bonds is 1. The zero-order valence-electron chi connectivity index (χ0n) is 8.37. The Morgan fingerprint density at radius 3 is 2.88 bits per heavy atom. The fraction of sp³-hybridized carbons (Fsp3) is 0.0909. The Hall–Kier alpha value is -1.99. The van der Waals surface area contributed by atoms with E-state index in [1.165, 1.54) is 13.3 Å². The number of methoxy groups -OCH3 is 1. The molecule has 0 spiro atoms. The Morgan fingerprint density at radius 1 is 1.50 bits per heavy atom. The summed E-state index contributed by atoms with van der Waals surface area (Å²) >= 11 is 5.94. The molecule has 0 radical (unpaired) electrons. The average Bonchev–Trinajstić information content (AvgIpc) is 2.30. The van der Waals surface area contributed by atoms with E-state index in [9.17, 15) is 4.79 Å². The number of hydrogen-bond acceptors (Lipinski definition) is 3. The van der Waals surface area contributed by atoms with E-state index in [0.29, 0.717) is 16.3 Å². The molecule has 0 unspecified atom stereocenters. The maximum atomic E-state index is 11.9. The Morgan fingerprint density at radius 2 is 2.25 bits per heavy atom. The second-order valence-electron chi connectivity index (χ2n) is 3.14. The molecule has 0 saturated carbocycles. The van der Waals surface area contributed by atoms with Crippen molar-refractivity contribution >= 4 is 22.5 Å². The predicted molar refractivity (Wildman–Crippen MR) is 60.8 cm³/mol. The lowest BCUT2D eigenvalue weighted by atomic mass is 10.1. The fourth-order valence-electron chi connectivity index (χ4n) is 1.52. The predicted octanol–water partition coefficient (Wildman–Crippen LogP) is 2.06. The summed E-state index contributed by atoms with van der Waals surface area (Å²) in [5.74, 6) is 0.515. The zero-order valence-corrected chi connectivity index (χ0v) is 9.13. The third kappa shape index (κ3) is 1.42. The van der Waals surface area contributed by atoms with Crippen LogP contribution in [0.1, 0.15) is 5.56 Å². The fourth-order valence-corrected chi connectivity index (χ4v) is 1.76. The molecule has 1 aromatic carbocycles. The van der Waals surface area contributed by atoms with Crippen molar-refractivity contribution in [1.29, 1.82) is 5.26 Å². The number of pyridine rings is 1. The van der Waals surface area contributed by atoms with Crippen LogP contribution in [0.2, 0.25) is 5.02 Å². The lowest BCUT2D eigenvalue weighted by molar-refractivity contribution is 0.419. The molecule has 0 aliphatic carbocycles. The first-order chi connectivity index (χ1) is 7.69. The van der Waals surface area contributed by atoms with Crippen molar-refractivity contribution in [2.24, 2.45) is 0 Å². The van der Waals surface area contributed by atoms with Crippen molar-refractivity contribution in [3.05, 3.63) is 39.1 Å². The second kappa shape index (κ2) is 3.87. The molecule has 0 aliphatic rings. The number of benzene rings is 1. The minimum atomic E-state index is -0.389. The topological polar surface area (TPSA) is 65.9 Å². The summed E-state index contributed by atoms with van der Waals surface area (Å²) in [6.07, 6.45) is 1.35. The summed E-state index contributed by atoms with van der Waals surface area (Å²) < 4.78 is 5.10. The highest BCUT2D eigenvalue weighted by atomic mass is 35.5. The van der Waals surface area contributed by atoms with E-state index in [0.717, 1.165) is 0 Å². The van der Waals surface area contributed by atoms with E-state index in [4.69, 9.17) is 21.6 Å². The lowest BCUT2D eigenvalue weighted by Gasteiger charge is -2.06. The summed E-state index contributed by atoms with van der Waals surface area (Å²) in [6, 6.07) is 5.04. The van der Waals surface area contributed by atoms with Gasteiger partial charge >= 0.3 is 0 Å². The number of nitrogens with one attached hydrogen (secondary N) is 1. The van der Waals surface area contributed by atoms with Crippen molar-refractivity contribution in [2.75, 3.05) is 7.11 Å². The highest BCUT2D eigenvalue weighted by Crippen LogP contribution is 2.27. The van der Waals surface area contributed by atoms with Crippen molar-refractivity contribution in [3.8, 4) is 11.8 Å². The van der Waals surface area contributed by atoms with Gasteiger partial charge in [0.2, 0.25) is 5.43 Å². The Labute approximate surface area is 96.0 Å². The third-order valence-corrected chi connectivity index (χ3v) is 2.60. The quantitative estimate of drug-likeness (QED) is 0.821. The van der Waals surface area contributed by atoms with Crippen molar-refractivity contribution < 1.29 is 4.74 Å². The van der Waals surface area contributed by atoms with Gasteiger partial charge in [0.15, 0.2) is 0 Å². The monoisotopic (exact) mass is 234 g/mol. The lowest BCUT2D eigenvalue weighted by Crippen LogP contribution is -2.08. The normalized spacial score (nSPS) is 10.1. The standard InChI is InChI=1S/C11H7ClN2O2/c1-16-8-3-2-7(12)9-10(8)14-5-6(4-13)11(9)15/h2-3,5H,1H3,(H,14,15). The number of nitrogens with zero attached hydrogens (tertiary/aromatic N) is 1. The largest absolute Gasteiger partial charge is 0.495 e. The van der Waals surface area contributed by atoms with Gasteiger partial charge in [0, 0.05) is 6.20 Å². The minimum Gasteiger partial charge on any atom is -0.495 e. The molecule has 80 valence electrons. The van der Waals surface area contributed by atoms with Crippen LogP contribution in [0.5, 0.6) is 5.75 Å². The van der Waals surface area contributed by atoms with Gasteiger partial charge in [0.25, 0.3) is 0 Å². The van der Waals surface area contributed by atoms with Gasteiger partial charge in [0.05, 0.1) is 23.0 Å². The molecular formula is C11H7ClN2O2. The number of halogens is 1. The number of hydrogen-bond donors (Lipinski definition) is 1. The maximum absolute atomic E-state index is 11.9. The van der Waals surface area contributed by atoms with E-state index < -0.39 is 0 Å². The molecular weight excluding hydrogens is 228 g/mol. The number of aromatic nitrogens is 1. The molecule has 0 aliphatic heterocycles. The molecule has 5 heteroatoms. The molecule has 16 heavy (non-hydrogen) atoms. The third-order valence-electron chi connectivity index (χ3n) is 2.29. The molecule has 0 amide bonds. The van der Waals surface area contributed by atoms with Gasteiger partial charge in [-0.1, -0.05) is 11.6 Å². The molecule has 2 aromatic rings. The summed E-state index contributed by atoms with van der Waals surface area (Å²) in [5.41, 5.74) is 0.141. The van der Waals surface area contributed by atoms with Crippen molar-refractivity contribution in [2.45, 2.75) is 0 Å². The van der Waals surface area contributed by atoms with E-state index >= 15 is 0 Å². The first-order valence-corrected chi connectivity index (χ1v) is 4.85. The van der Waals surface area contributed by atoms with Crippen LogP contribution in [-0.2, 0) is 0 Å². The van der Waals surface area contributed by atoms with Gasteiger partial charge in [-0.05, 0) is 12.1 Å². The smallest absolute Gasteiger partial charge is 0.208 e. The van der Waals surface area contributed by atoms with E-state index in [2.05, 4.69) is 4.98 Å². The van der Waals surface area contributed by atoms with Gasteiger partial charge in [-0.2, -0.15) is 5.26 Å². The molecule has 0 saturated heterocycles. The first-order valence-electron chi connectivity index (χ1n) is 4.47. The Balaban J connectivity index is 3.00. The number of H-pyrrole nitrogens is 1. The van der Waals surface area contributed by atoms with E-state index in [-0.39, 0.29) is 16.4 Å². The van der Waals surface area contributed by atoms with Gasteiger partial charge < -0.3 is 9.72 Å². The van der Waals surface area contributed by atoms with Gasteiger partial charge in [-0.25, -0.2) is 0 Å². The Bertz CT molecular complexity index is 655. The van der Waals surface area contributed by atoms with Gasteiger partial charge in [-0.3, -0.25) is 4.79 Å². The van der Waals surface area contributed by atoms with Crippen LogP contribution in [0.25, 0.3) is 10.9 Å². The molecule has 4 nitrogen and oxygen atoms in total. The molecule has 1 heterocycles. The van der Waals surface area contributed by atoms with E-state index in [1.807, 2.05) is 6.07 Å². The van der Waals surface area contributed by atoms with Crippen LogP contribution in [0.4, 0.5) is 0 Å².